The van der Waals surface area contributed by atoms with Gasteiger partial charge < -0.3 is 16.0 Å². The minimum Gasteiger partial charge on any atom is -0.755 e. The topological polar surface area (TPSA) is 69.4 Å². The van der Waals surface area contributed by atoms with Gasteiger partial charge in [0.25, 0.3) is 0 Å². The molecule has 0 saturated carbocycles. The first kappa shape index (κ1) is 24.1. The first-order valence-corrected chi connectivity index (χ1v) is 10.5. The average molecular weight is 354 g/mol. The predicted molar refractivity (Wildman–Crippen MR) is 108 cm³/mol. The zero-order valence-corrected chi connectivity index (χ0v) is 16.7. The summed E-state index contributed by atoms with van der Waals surface area (Å²) in [4.78, 5) is 11.6. The number of rotatable bonds is 17. The maximum atomic E-state index is 11.6. The smallest absolute Gasteiger partial charge is 0.213 e. The molecule has 0 rings (SSSR count). The molecule has 4 heteroatoms. The molecular weight excluding hydrogens is 312 g/mol. The van der Waals surface area contributed by atoms with Crippen molar-refractivity contribution >= 4 is 5.91 Å². The lowest BCUT2D eigenvalue weighted by molar-refractivity contribution is -0.130. The molecule has 0 aromatic heterocycles. The van der Waals surface area contributed by atoms with Gasteiger partial charge in [0.2, 0.25) is 5.91 Å². The van der Waals surface area contributed by atoms with E-state index in [0.717, 1.165) is 25.7 Å². The molecule has 1 unspecified atom stereocenters. The van der Waals surface area contributed by atoms with Gasteiger partial charge in [0, 0.05) is 6.42 Å². The molecule has 148 valence electrons. The summed E-state index contributed by atoms with van der Waals surface area (Å²) in [5.41, 5.74) is 5.56. The second-order valence-electron chi connectivity index (χ2n) is 7.03. The van der Waals surface area contributed by atoms with Crippen LogP contribution in [0.1, 0.15) is 110 Å². The molecule has 0 aliphatic rings. The summed E-state index contributed by atoms with van der Waals surface area (Å²) >= 11 is 0. The third-order valence-electron chi connectivity index (χ3n) is 4.62. The first-order chi connectivity index (χ1) is 12.1. The van der Waals surface area contributed by atoms with Crippen LogP contribution in [-0.2, 0) is 4.79 Å². The van der Waals surface area contributed by atoms with Crippen molar-refractivity contribution in [2.75, 3.05) is 0 Å². The lowest BCUT2D eigenvalue weighted by Crippen LogP contribution is -2.41. The maximum Gasteiger partial charge on any atom is 0.213 e. The number of hydroxylamine groups is 2. The lowest BCUT2D eigenvalue weighted by atomic mass is 10.1. The number of hydrogen-bond acceptors (Lipinski definition) is 3. The fourth-order valence-electron chi connectivity index (χ4n) is 2.81. The molecule has 0 aliphatic carbocycles. The average Bonchev–Trinajstić information content (AvgIpc) is 2.63. The first-order valence-electron chi connectivity index (χ1n) is 10.5. The van der Waals surface area contributed by atoms with Crippen molar-refractivity contribution in [2.45, 2.75) is 116 Å². The number of hydrogen-bond donors (Lipinski definition) is 1. The highest BCUT2D eigenvalue weighted by molar-refractivity contribution is 5.76. The van der Waals surface area contributed by atoms with Crippen LogP contribution in [0.4, 0.5) is 0 Å². The van der Waals surface area contributed by atoms with Crippen LogP contribution >= 0.6 is 0 Å². The second kappa shape index (κ2) is 17.9. The molecule has 0 fully saturated rings. The van der Waals surface area contributed by atoms with Gasteiger partial charge in [-0.1, -0.05) is 77.4 Å². The molecule has 0 saturated heterocycles. The van der Waals surface area contributed by atoms with E-state index in [1.54, 1.807) is 0 Å². The Hall–Kier alpha value is -0.870. The minimum absolute atomic E-state index is 0.329. The van der Waals surface area contributed by atoms with Gasteiger partial charge in [-0.05, 0) is 38.5 Å². The van der Waals surface area contributed by atoms with Crippen LogP contribution in [0.15, 0.2) is 12.2 Å². The molecule has 0 aliphatic heterocycles. The van der Waals surface area contributed by atoms with Gasteiger partial charge in [-0.25, -0.2) is 0 Å². The van der Waals surface area contributed by atoms with E-state index in [1.807, 2.05) is 6.92 Å². The van der Waals surface area contributed by atoms with E-state index < -0.39 is 6.17 Å². The van der Waals surface area contributed by atoms with Crippen LogP contribution in [0.25, 0.3) is 0 Å². The van der Waals surface area contributed by atoms with E-state index in [0.29, 0.717) is 17.9 Å². The van der Waals surface area contributed by atoms with Crippen LogP contribution in [-0.4, -0.2) is 17.1 Å². The van der Waals surface area contributed by atoms with Crippen molar-refractivity contribution in [1.82, 2.24) is 5.06 Å². The van der Waals surface area contributed by atoms with Crippen LogP contribution in [0.2, 0.25) is 0 Å². The van der Waals surface area contributed by atoms with E-state index in [-0.39, 0.29) is 5.91 Å². The van der Waals surface area contributed by atoms with Crippen LogP contribution in [0.3, 0.4) is 0 Å². The van der Waals surface area contributed by atoms with Crippen LogP contribution in [0, 0.1) is 5.21 Å². The summed E-state index contributed by atoms with van der Waals surface area (Å²) in [6.45, 7) is 4.07. The Kier molecular flexibility index (Phi) is 17.3. The lowest BCUT2D eigenvalue weighted by Gasteiger charge is -2.33. The third kappa shape index (κ3) is 15.1. The third-order valence-corrected chi connectivity index (χ3v) is 4.62. The zero-order chi connectivity index (χ0) is 18.8. The van der Waals surface area contributed by atoms with Crippen LogP contribution in [0.5, 0.6) is 0 Å². The monoisotopic (exact) mass is 353 g/mol. The van der Waals surface area contributed by atoms with E-state index in [2.05, 4.69) is 19.1 Å². The van der Waals surface area contributed by atoms with Crippen molar-refractivity contribution in [1.29, 1.82) is 0 Å². The molecule has 25 heavy (non-hydrogen) atoms. The summed E-state index contributed by atoms with van der Waals surface area (Å²) in [5.74, 6) is -0.369. The summed E-state index contributed by atoms with van der Waals surface area (Å²) in [7, 11) is 0. The van der Waals surface area contributed by atoms with E-state index in [9.17, 15) is 10.0 Å². The standard InChI is InChI=1S/C21H41N2O2/c1-3-5-6-7-8-9-10-11-12-13-14-15-16-17-18-19-21(24)23(25)20(22)4-2/h11-12,20H,3-10,13-19,22H2,1-2H3/q-1/b12-11-. The summed E-state index contributed by atoms with van der Waals surface area (Å²) in [6, 6.07) is 0. The Morgan fingerprint density at radius 3 is 1.88 bits per heavy atom. The van der Waals surface area contributed by atoms with Crippen molar-refractivity contribution in [2.24, 2.45) is 5.73 Å². The minimum atomic E-state index is -0.685. The maximum absolute atomic E-state index is 11.6. The number of amides is 1. The molecule has 0 bridgehead atoms. The Balaban J connectivity index is 3.33. The van der Waals surface area contributed by atoms with Gasteiger partial charge in [-0.15, -0.1) is 0 Å². The van der Waals surface area contributed by atoms with Gasteiger partial charge in [-0.2, -0.15) is 0 Å². The molecule has 0 spiro atoms. The van der Waals surface area contributed by atoms with Crippen molar-refractivity contribution < 1.29 is 4.79 Å². The van der Waals surface area contributed by atoms with Gasteiger partial charge in [0.05, 0.1) is 6.17 Å². The highest BCUT2D eigenvalue weighted by Crippen LogP contribution is 2.11. The second-order valence-corrected chi connectivity index (χ2v) is 7.03. The van der Waals surface area contributed by atoms with Crippen molar-refractivity contribution in [3.63, 3.8) is 0 Å². The number of carbonyl (C=O) groups excluding carboxylic acids is 1. The summed E-state index contributed by atoms with van der Waals surface area (Å²) in [5, 5.41) is 11.9. The predicted octanol–water partition coefficient (Wildman–Crippen LogP) is 6.05. The highest BCUT2D eigenvalue weighted by atomic mass is 16.5. The van der Waals surface area contributed by atoms with Gasteiger partial charge >= 0.3 is 0 Å². The Morgan fingerprint density at radius 2 is 1.36 bits per heavy atom. The van der Waals surface area contributed by atoms with E-state index >= 15 is 0 Å². The molecule has 1 atom stereocenters. The summed E-state index contributed by atoms with van der Waals surface area (Å²) in [6.07, 6.45) is 20.7. The Morgan fingerprint density at radius 1 is 0.880 bits per heavy atom. The van der Waals surface area contributed by atoms with Crippen molar-refractivity contribution in [3.8, 4) is 0 Å². The Bertz CT molecular complexity index is 332. The molecular formula is C21H41N2O2-. The molecule has 1 amide bonds. The normalized spacial score (nSPS) is 12.6. The molecule has 0 aromatic rings. The van der Waals surface area contributed by atoms with Gasteiger partial charge in [0.1, 0.15) is 0 Å². The number of allylic oxidation sites excluding steroid dienone is 2. The Labute approximate surface area is 155 Å². The number of carbonyl (C=O) groups is 1. The fourth-order valence-corrected chi connectivity index (χ4v) is 2.81. The quantitative estimate of drug-likeness (QED) is 0.150. The highest BCUT2D eigenvalue weighted by Gasteiger charge is 2.08. The number of nitrogens with two attached hydrogens (primary N) is 1. The summed E-state index contributed by atoms with van der Waals surface area (Å²) < 4.78 is 0. The van der Waals surface area contributed by atoms with Gasteiger partial charge in [0.15, 0.2) is 0 Å². The van der Waals surface area contributed by atoms with Crippen LogP contribution < -0.4 is 5.73 Å². The van der Waals surface area contributed by atoms with Crippen molar-refractivity contribution in [3.05, 3.63) is 17.4 Å². The largest absolute Gasteiger partial charge is 0.755 e. The SMILES string of the molecule is CCCCCCCC/C=C\CCCCCCCC(=O)N([O-])C(N)CC. The van der Waals surface area contributed by atoms with E-state index in [1.165, 1.54) is 57.8 Å². The molecule has 2 N–H and O–H groups in total. The van der Waals surface area contributed by atoms with Gasteiger partial charge in [-0.3, -0.25) is 4.79 Å². The fraction of sp³-hybridized carbons (Fsp3) is 0.857. The molecule has 0 heterocycles. The molecule has 0 aromatic carbocycles. The molecule has 4 nitrogen and oxygen atoms in total. The molecule has 0 radical (unpaired) electrons. The number of nitrogens with zero attached hydrogens (tertiary/aromatic N) is 1. The van der Waals surface area contributed by atoms with E-state index in [4.69, 9.17) is 5.73 Å². The number of unbranched alkanes of at least 4 members (excludes halogenated alkanes) is 11. The zero-order valence-electron chi connectivity index (χ0n) is 16.7.